The summed E-state index contributed by atoms with van der Waals surface area (Å²) in [6.45, 7) is 1.27. The Bertz CT molecular complexity index is 705. The zero-order valence-electron chi connectivity index (χ0n) is 12.8. The fourth-order valence-corrected chi connectivity index (χ4v) is 2.99. The molecule has 0 spiro atoms. The van der Waals surface area contributed by atoms with Crippen LogP contribution in [0.25, 0.3) is 0 Å². The Kier molecular flexibility index (Phi) is 4.61. The summed E-state index contributed by atoms with van der Waals surface area (Å²) in [5, 5.41) is 4.44. The van der Waals surface area contributed by atoms with Gasteiger partial charge < -0.3 is 15.2 Å². The maximum absolute atomic E-state index is 12.7. The first-order chi connectivity index (χ1) is 11.1. The first-order valence-electron chi connectivity index (χ1n) is 7.38. The SMILES string of the molecule is CN(Cc1noc(CN)n1)C1CCN(c2ccccc2Cl)C1=O. The van der Waals surface area contributed by atoms with Crippen LogP contribution in [-0.2, 0) is 17.9 Å². The molecule has 1 aliphatic heterocycles. The lowest BCUT2D eigenvalue weighted by atomic mass is 10.2. The van der Waals surface area contributed by atoms with Gasteiger partial charge in [-0.15, -0.1) is 0 Å². The zero-order valence-corrected chi connectivity index (χ0v) is 13.5. The van der Waals surface area contributed by atoms with E-state index in [0.717, 1.165) is 12.1 Å². The van der Waals surface area contributed by atoms with Crippen LogP contribution in [0.5, 0.6) is 0 Å². The van der Waals surface area contributed by atoms with Crippen molar-refractivity contribution in [2.45, 2.75) is 25.6 Å². The summed E-state index contributed by atoms with van der Waals surface area (Å²) >= 11 is 6.19. The largest absolute Gasteiger partial charge is 0.338 e. The highest BCUT2D eigenvalue weighted by atomic mass is 35.5. The number of halogens is 1. The van der Waals surface area contributed by atoms with Gasteiger partial charge in [0.1, 0.15) is 0 Å². The van der Waals surface area contributed by atoms with Crippen LogP contribution in [0.1, 0.15) is 18.1 Å². The number of carbonyl (C=O) groups excluding carboxylic acids is 1. The van der Waals surface area contributed by atoms with Crippen molar-refractivity contribution in [3.05, 3.63) is 41.0 Å². The molecule has 0 bridgehead atoms. The van der Waals surface area contributed by atoms with Crippen molar-refractivity contribution in [3.63, 3.8) is 0 Å². The number of hydrogen-bond donors (Lipinski definition) is 1. The van der Waals surface area contributed by atoms with Crippen molar-refractivity contribution in [2.24, 2.45) is 5.73 Å². The molecule has 23 heavy (non-hydrogen) atoms. The number of benzene rings is 1. The predicted octanol–water partition coefficient (Wildman–Crippen LogP) is 1.42. The van der Waals surface area contributed by atoms with Gasteiger partial charge in [-0.3, -0.25) is 9.69 Å². The van der Waals surface area contributed by atoms with E-state index in [1.54, 1.807) is 11.0 Å². The van der Waals surface area contributed by atoms with Crippen molar-refractivity contribution in [1.82, 2.24) is 15.0 Å². The van der Waals surface area contributed by atoms with Gasteiger partial charge in [-0.2, -0.15) is 4.98 Å². The van der Waals surface area contributed by atoms with Crippen molar-refractivity contribution in [3.8, 4) is 0 Å². The molecule has 1 fully saturated rings. The molecule has 1 saturated heterocycles. The van der Waals surface area contributed by atoms with Crippen molar-refractivity contribution >= 4 is 23.2 Å². The number of likely N-dealkylation sites (N-methyl/N-ethyl adjacent to an activating group) is 1. The van der Waals surface area contributed by atoms with Crippen LogP contribution in [-0.4, -0.2) is 40.6 Å². The van der Waals surface area contributed by atoms with E-state index < -0.39 is 0 Å². The van der Waals surface area contributed by atoms with Gasteiger partial charge in [0.05, 0.1) is 29.8 Å². The number of nitrogens with zero attached hydrogens (tertiary/aromatic N) is 4. The van der Waals surface area contributed by atoms with E-state index in [0.29, 0.717) is 29.8 Å². The molecule has 8 heteroatoms. The fraction of sp³-hybridized carbons (Fsp3) is 0.400. The summed E-state index contributed by atoms with van der Waals surface area (Å²) in [7, 11) is 1.87. The van der Waals surface area contributed by atoms with Gasteiger partial charge in [0, 0.05) is 6.54 Å². The van der Waals surface area contributed by atoms with Crippen LogP contribution in [0.3, 0.4) is 0 Å². The molecule has 1 aliphatic rings. The molecule has 2 heterocycles. The average Bonchev–Trinajstić information content (AvgIpc) is 3.14. The minimum absolute atomic E-state index is 0.0307. The Balaban J connectivity index is 1.70. The number of anilines is 1. The maximum Gasteiger partial charge on any atom is 0.244 e. The maximum atomic E-state index is 12.7. The van der Waals surface area contributed by atoms with Gasteiger partial charge in [-0.05, 0) is 25.6 Å². The van der Waals surface area contributed by atoms with Crippen molar-refractivity contribution < 1.29 is 9.32 Å². The zero-order chi connectivity index (χ0) is 16.4. The smallest absolute Gasteiger partial charge is 0.244 e. The number of amides is 1. The lowest BCUT2D eigenvalue weighted by molar-refractivity contribution is -0.121. The van der Waals surface area contributed by atoms with E-state index in [-0.39, 0.29) is 18.5 Å². The van der Waals surface area contributed by atoms with Crippen LogP contribution in [0.2, 0.25) is 5.02 Å². The number of para-hydroxylation sites is 1. The third kappa shape index (κ3) is 3.21. The lowest BCUT2D eigenvalue weighted by Crippen LogP contribution is -2.39. The summed E-state index contributed by atoms with van der Waals surface area (Å²) in [6, 6.07) is 7.14. The molecule has 1 aromatic heterocycles. The van der Waals surface area contributed by atoms with E-state index in [9.17, 15) is 4.79 Å². The molecule has 0 radical (unpaired) electrons. The lowest BCUT2D eigenvalue weighted by Gasteiger charge is -2.23. The van der Waals surface area contributed by atoms with Gasteiger partial charge in [0.25, 0.3) is 0 Å². The molecular formula is C15H18ClN5O2. The molecule has 1 aromatic carbocycles. The molecule has 122 valence electrons. The Morgan fingerprint density at radius 2 is 2.26 bits per heavy atom. The van der Waals surface area contributed by atoms with Crippen LogP contribution in [0, 0.1) is 0 Å². The Hall–Kier alpha value is -1.96. The number of aromatic nitrogens is 2. The number of hydrogen-bond acceptors (Lipinski definition) is 6. The summed E-state index contributed by atoms with van der Waals surface area (Å²) in [5.41, 5.74) is 6.20. The Labute approximate surface area is 139 Å². The van der Waals surface area contributed by atoms with E-state index >= 15 is 0 Å². The van der Waals surface area contributed by atoms with Gasteiger partial charge >= 0.3 is 0 Å². The van der Waals surface area contributed by atoms with Crippen LogP contribution < -0.4 is 10.6 Å². The highest BCUT2D eigenvalue weighted by molar-refractivity contribution is 6.33. The summed E-state index contributed by atoms with van der Waals surface area (Å²) < 4.78 is 4.98. The van der Waals surface area contributed by atoms with Gasteiger partial charge in [0.2, 0.25) is 11.8 Å². The van der Waals surface area contributed by atoms with Gasteiger partial charge in [-0.25, -0.2) is 0 Å². The topological polar surface area (TPSA) is 88.5 Å². The number of rotatable bonds is 5. The second-order valence-corrected chi connectivity index (χ2v) is 5.88. The average molecular weight is 336 g/mol. The molecule has 1 atom stereocenters. The molecule has 1 amide bonds. The Morgan fingerprint density at radius 3 is 2.96 bits per heavy atom. The van der Waals surface area contributed by atoms with E-state index in [1.165, 1.54) is 0 Å². The molecule has 0 aliphatic carbocycles. The van der Waals surface area contributed by atoms with Gasteiger partial charge in [0.15, 0.2) is 5.82 Å². The monoisotopic (exact) mass is 335 g/mol. The van der Waals surface area contributed by atoms with E-state index in [1.807, 2.05) is 30.1 Å². The molecular weight excluding hydrogens is 318 g/mol. The molecule has 3 rings (SSSR count). The summed E-state index contributed by atoms with van der Waals surface area (Å²) in [5.74, 6) is 0.948. The highest BCUT2D eigenvalue weighted by Crippen LogP contribution is 2.30. The van der Waals surface area contributed by atoms with Gasteiger partial charge in [-0.1, -0.05) is 28.9 Å². The summed E-state index contributed by atoms with van der Waals surface area (Å²) in [4.78, 5) is 20.5. The minimum Gasteiger partial charge on any atom is -0.338 e. The molecule has 7 nitrogen and oxygen atoms in total. The van der Waals surface area contributed by atoms with Crippen LogP contribution in [0.4, 0.5) is 5.69 Å². The molecule has 0 saturated carbocycles. The Morgan fingerprint density at radius 1 is 1.48 bits per heavy atom. The second kappa shape index (κ2) is 6.66. The molecule has 1 unspecified atom stereocenters. The van der Waals surface area contributed by atoms with Crippen LogP contribution in [0.15, 0.2) is 28.8 Å². The third-order valence-electron chi connectivity index (χ3n) is 3.93. The van der Waals surface area contributed by atoms with Crippen molar-refractivity contribution in [2.75, 3.05) is 18.5 Å². The van der Waals surface area contributed by atoms with Crippen LogP contribution >= 0.6 is 11.6 Å². The third-order valence-corrected chi connectivity index (χ3v) is 4.25. The normalized spacial score (nSPS) is 18.2. The second-order valence-electron chi connectivity index (χ2n) is 5.47. The minimum atomic E-state index is -0.230. The first-order valence-corrected chi connectivity index (χ1v) is 7.75. The standard InChI is InChI=1S/C15H18ClN5O2/c1-20(9-13-18-14(8-17)23-19-13)12-6-7-21(15(12)22)11-5-3-2-4-10(11)16/h2-5,12H,6-9,17H2,1H3. The summed E-state index contributed by atoms with van der Waals surface area (Å²) in [6.07, 6.45) is 0.724. The van der Waals surface area contributed by atoms with E-state index in [4.69, 9.17) is 21.9 Å². The quantitative estimate of drug-likeness (QED) is 0.889. The van der Waals surface area contributed by atoms with E-state index in [2.05, 4.69) is 10.1 Å². The first kappa shape index (κ1) is 15.9. The molecule has 2 aromatic rings. The fourth-order valence-electron chi connectivity index (χ4n) is 2.75. The number of nitrogens with two attached hydrogens (primary N) is 1. The predicted molar refractivity (Wildman–Crippen MR) is 85.9 cm³/mol. The van der Waals surface area contributed by atoms with Crippen molar-refractivity contribution in [1.29, 1.82) is 0 Å². The highest BCUT2D eigenvalue weighted by Gasteiger charge is 2.36. The number of carbonyl (C=O) groups is 1. The molecule has 2 N–H and O–H groups in total.